The summed E-state index contributed by atoms with van der Waals surface area (Å²) in [6, 6.07) is 15.1. The molecule has 0 fully saturated rings. The number of aromatic nitrogens is 3. The van der Waals surface area contributed by atoms with Gasteiger partial charge in [-0.2, -0.15) is 0 Å². The van der Waals surface area contributed by atoms with E-state index in [4.69, 9.17) is 0 Å². The van der Waals surface area contributed by atoms with Gasteiger partial charge in [-0.05, 0) is 66.2 Å². The Morgan fingerprint density at radius 1 is 0.630 bits per heavy atom. The van der Waals surface area contributed by atoms with Crippen LogP contribution in [0, 0.1) is 0 Å². The van der Waals surface area contributed by atoms with Gasteiger partial charge in [-0.3, -0.25) is 4.98 Å². The first kappa shape index (κ1) is 19.2. The van der Waals surface area contributed by atoms with Crippen molar-refractivity contribution in [1.29, 1.82) is 0 Å². The van der Waals surface area contributed by atoms with Gasteiger partial charge in [0.15, 0.2) is 0 Å². The topological polar surface area (TPSA) is 38.7 Å². The van der Waals surface area contributed by atoms with E-state index < -0.39 is 0 Å². The van der Waals surface area contributed by atoms with Crippen molar-refractivity contribution in [2.24, 2.45) is 0 Å². The van der Waals surface area contributed by atoms with E-state index in [0.717, 1.165) is 12.8 Å². The van der Waals surface area contributed by atoms with Crippen LogP contribution in [0.5, 0.6) is 0 Å². The summed E-state index contributed by atoms with van der Waals surface area (Å²) in [7, 11) is 0. The van der Waals surface area contributed by atoms with E-state index in [1.54, 1.807) is 6.33 Å². The number of hydrogen-bond donors (Lipinski definition) is 0. The zero-order valence-corrected chi connectivity index (χ0v) is 16.3. The second-order valence-corrected chi connectivity index (χ2v) is 7.52. The molecule has 2 aromatic heterocycles. The highest BCUT2D eigenvalue weighted by Gasteiger charge is 2.17. The fourth-order valence-corrected chi connectivity index (χ4v) is 3.68. The first-order chi connectivity index (χ1) is 13.2. The summed E-state index contributed by atoms with van der Waals surface area (Å²) >= 11 is 0. The third-order valence-corrected chi connectivity index (χ3v) is 5.57. The van der Waals surface area contributed by atoms with Crippen LogP contribution in [0.3, 0.4) is 0 Å². The number of nitrogens with zero attached hydrogens (tertiary/aromatic N) is 3. The fourth-order valence-electron chi connectivity index (χ4n) is 3.68. The second kappa shape index (κ2) is 9.96. The van der Waals surface area contributed by atoms with E-state index in [1.165, 1.54) is 29.5 Å². The smallest absolute Gasteiger partial charge is 0.115 e. The van der Waals surface area contributed by atoms with Crippen molar-refractivity contribution >= 4 is 0 Å². The predicted molar refractivity (Wildman–Crippen MR) is 111 cm³/mol. The molecule has 3 unspecified atom stereocenters. The third kappa shape index (κ3) is 5.72. The van der Waals surface area contributed by atoms with Crippen molar-refractivity contribution in [3.8, 4) is 0 Å². The highest BCUT2D eigenvalue weighted by atomic mass is 14.8. The van der Waals surface area contributed by atoms with Gasteiger partial charge in [0.25, 0.3) is 0 Å². The van der Waals surface area contributed by atoms with Crippen LogP contribution < -0.4 is 0 Å². The molecule has 0 spiro atoms. The number of pyridine rings is 1. The zero-order chi connectivity index (χ0) is 18.9. The molecule has 0 saturated carbocycles. The van der Waals surface area contributed by atoms with Crippen LogP contribution in [0.15, 0.2) is 73.6 Å². The van der Waals surface area contributed by atoms with E-state index in [2.05, 4.69) is 71.3 Å². The number of hydrogen-bond acceptors (Lipinski definition) is 3. The minimum atomic E-state index is 0.469. The van der Waals surface area contributed by atoms with Crippen molar-refractivity contribution in [2.75, 3.05) is 0 Å². The average Bonchev–Trinajstić information content (AvgIpc) is 2.75. The Kier molecular flexibility index (Phi) is 7.09. The molecule has 0 aliphatic rings. The van der Waals surface area contributed by atoms with Gasteiger partial charge >= 0.3 is 0 Å². The first-order valence-electron chi connectivity index (χ1n) is 9.93. The molecule has 3 nitrogen and oxygen atoms in total. The summed E-state index contributed by atoms with van der Waals surface area (Å²) in [6.45, 7) is 4.60. The molecule has 2 heterocycles. The van der Waals surface area contributed by atoms with Crippen LogP contribution in [0.25, 0.3) is 0 Å². The highest BCUT2D eigenvalue weighted by Crippen LogP contribution is 2.33. The van der Waals surface area contributed by atoms with Crippen molar-refractivity contribution in [3.05, 3.63) is 90.3 Å². The molecule has 3 heteroatoms. The molecule has 0 aliphatic carbocycles. The fraction of sp³-hybridized carbons (Fsp3) is 0.375. The van der Waals surface area contributed by atoms with Crippen molar-refractivity contribution < 1.29 is 0 Å². The normalized spacial score (nSPS) is 14.4. The Morgan fingerprint density at radius 3 is 1.85 bits per heavy atom. The van der Waals surface area contributed by atoms with Crippen LogP contribution >= 0.6 is 0 Å². The monoisotopic (exact) mass is 359 g/mol. The number of benzene rings is 1. The summed E-state index contributed by atoms with van der Waals surface area (Å²) < 4.78 is 0. The van der Waals surface area contributed by atoms with Crippen molar-refractivity contribution in [3.63, 3.8) is 0 Å². The van der Waals surface area contributed by atoms with Gasteiger partial charge in [-0.1, -0.05) is 50.2 Å². The van der Waals surface area contributed by atoms with E-state index in [-0.39, 0.29) is 0 Å². The molecule has 140 valence electrons. The van der Waals surface area contributed by atoms with Gasteiger partial charge in [0.05, 0.1) is 0 Å². The summed E-state index contributed by atoms with van der Waals surface area (Å²) in [6.07, 6.45) is 14.0. The van der Waals surface area contributed by atoms with Gasteiger partial charge in [0, 0.05) is 24.8 Å². The van der Waals surface area contributed by atoms with E-state index in [9.17, 15) is 0 Å². The molecular weight excluding hydrogens is 330 g/mol. The first-order valence-corrected chi connectivity index (χ1v) is 9.93. The summed E-state index contributed by atoms with van der Waals surface area (Å²) in [5.74, 6) is 1.58. The third-order valence-electron chi connectivity index (χ3n) is 5.57. The Balaban J connectivity index is 1.63. The predicted octanol–water partition coefficient (Wildman–Crippen LogP) is 6.12. The molecule has 0 N–H and O–H groups in total. The minimum Gasteiger partial charge on any atom is -0.264 e. The Labute approximate surface area is 162 Å². The lowest BCUT2D eigenvalue weighted by atomic mass is 9.84. The van der Waals surface area contributed by atoms with E-state index >= 15 is 0 Å². The maximum atomic E-state index is 4.36. The highest BCUT2D eigenvalue weighted by molar-refractivity contribution is 5.20. The SMILES string of the molecule is CC(CCC(CCC(C)c1cncnc1)c1cccnc1)c1ccccc1. The average molecular weight is 360 g/mol. The lowest BCUT2D eigenvalue weighted by Gasteiger charge is -2.21. The van der Waals surface area contributed by atoms with Gasteiger partial charge in [-0.25, -0.2) is 9.97 Å². The number of rotatable bonds is 9. The molecule has 27 heavy (non-hydrogen) atoms. The molecule has 0 radical (unpaired) electrons. The summed E-state index contributed by atoms with van der Waals surface area (Å²) in [5, 5.41) is 0. The lowest BCUT2D eigenvalue weighted by Crippen LogP contribution is -2.05. The van der Waals surface area contributed by atoms with Crippen LogP contribution in [0.2, 0.25) is 0 Å². The Bertz CT molecular complexity index is 725. The molecule has 0 amide bonds. The molecule has 0 bridgehead atoms. The van der Waals surface area contributed by atoms with E-state index in [0.29, 0.717) is 17.8 Å². The molecule has 3 atom stereocenters. The minimum absolute atomic E-state index is 0.469. The van der Waals surface area contributed by atoms with Crippen LogP contribution in [-0.2, 0) is 0 Å². The van der Waals surface area contributed by atoms with Crippen LogP contribution in [-0.4, -0.2) is 15.0 Å². The van der Waals surface area contributed by atoms with Crippen molar-refractivity contribution in [2.45, 2.75) is 57.3 Å². The van der Waals surface area contributed by atoms with Crippen LogP contribution in [0.1, 0.15) is 74.0 Å². The molecule has 1 aromatic carbocycles. The molecule has 0 saturated heterocycles. The largest absolute Gasteiger partial charge is 0.264 e. The lowest BCUT2D eigenvalue weighted by molar-refractivity contribution is 0.484. The standard InChI is InChI=1S/C24H29N3/c1-19(21-7-4-3-5-8-21)10-12-22(23-9-6-14-25-15-23)13-11-20(2)24-16-26-18-27-17-24/h3-9,14-20,22H,10-13H2,1-2H3. The summed E-state index contributed by atoms with van der Waals surface area (Å²) in [5.41, 5.74) is 4.01. The molecule has 3 aromatic rings. The molecule has 3 rings (SSSR count). The quantitative estimate of drug-likeness (QED) is 0.462. The molecular formula is C24H29N3. The zero-order valence-electron chi connectivity index (χ0n) is 16.3. The van der Waals surface area contributed by atoms with Crippen molar-refractivity contribution in [1.82, 2.24) is 15.0 Å². The van der Waals surface area contributed by atoms with E-state index in [1.807, 2.05) is 24.8 Å². The van der Waals surface area contributed by atoms with Crippen LogP contribution in [0.4, 0.5) is 0 Å². The Hall–Kier alpha value is -2.55. The van der Waals surface area contributed by atoms with Gasteiger partial charge in [-0.15, -0.1) is 0 Å². The maximum Gasteiger partial charge on any atom is 0.115 e. The maximum absolute atomic E-state index is 4.36. The van der Waals surface area contributed by atoms with Gasteiger partial charge < -0.3 is 0 Å². The van der Waals surface area contributed by atoms with Gasteiger partial charge in [0.1, 0.15) is 6.33 Å². The Morgan fingerprint density at radius 2 is 1.22 bits per heavy atom. The summed E-state index contributed by atoms with van der Waals surface area (Å²) in [4.78, 5) is 12.7. The second-order valence-electron chi connectivity index (χ2n) is 7.52. The molecule has 0 aliphatic heterocycles. The van der Waals surface area contributed by atoms with Gasteiger partial charge in [0.2, 0.25) is 0 Å².